The van der Waals surface area contributed by atoms with Crippen LogP contribution in [-0.4, -0.2) is 12.5 Å². The van der Waals surface area contributed by atoms with E-state index < -0.39 is 5.60 Å². The second-order valence-electron chi connectivity index (χ2n) is 11.2. The summed E-state index contributed by atoms with van der Waals surface area (Å²) >= 11 is 0. The van der Waals surface area contributed by atoms with Crippen molar-refractivity contribution in [1.82, 2.24) is 0 Å². The first-order valence-electron chi connectivity index (χ1n) is 14.3. The third-order valence-corrected chi connectivity index (χ3v) is 8.97. The second-order valence-corrected chi connectivity index (χ2v) is 11.2. The minimum Gasteiger partial charge on any atom is -0.456 e. The molecule has 4 nitrogen and oxygen atoms in total. The van der Waals surface area contributed by atoms with Crippen LogP contribution in [0.4, 0.5) is 11.4 Å². The number of nitrogens with zero attached hydrogens (tertiary/aromatic N) is 1. The molecule has 42 heavy (non-hydrogen) atoms. The summed E-state index contributed by atoms with van der Waals surface area (Å²) in [4.78, 5) is 15.7. The van der Waals surface area contributed by atoms with Crippen LogP contribution in [-0.2, 0) is 16.8 Å². The molecule has 200 valence electrons. The first-order chi connectivity index (χ1) is 20.7. The van der Waals surface area contributed by atoms with Crippen molar-refractivity contribution in [3.8, 4) is 22.6 Å². The largest absolute Gasteiger partial charge is 0.456 e. The summed E-state index contributed by atoms with van der Waals surface area (Å²) in [5.74, 6) is 1.09. The number of benzene rings is 6. The van der Waals surface area contributed by atoms with Gasteiger partial charge in [-0.3, -0.25) is 0 Å². The molecule has 3 aliphatic heterocycles. The van der Waals surface area contributed by atoms with Gasteiger partial charge in [-0.05, 0) is 70.3 Å². The number of carbonyl (C=O) groups is 1. The van der Waals surface area contributed by atoms with E-state index in [1.54, 1.807) is 0 Å². The Balaban J connectivity index is 1.20. The summed E-state index contributed by atoms with van der Waals surface area (Å²) in [6.07, 6.45) is 0.970. The molecule has 0 fully saturated rings. The van der Waals surface area contributed by atoms with Gasteiger partial charge in [0.2, 0.25) is 0 Å². The van der Waals surface area contributed by atoms with Crippen LogP contribution in [0, 0.1) is 0 Å². The van der Waals surface area contributed by atoms with E-state index in [-0.39, 0.29) is 5.97 Å². The molecule has 0 radical (unpaired) electrons. The van der Waals surface area contributed by atoms with E-state index >= 15 is 0 Å². The second kappa shape index (κ2) is 8.58. The van der Waals surface area contributed by atoms with E-state index in [4.69, 9.17) is 9.47 Å². The Morgan fingerprint density at radius 1 is 0.667 bits per heavy atom. The summed E-state index contributed by atoms with van der Waals surface area (Å²) in [6, 6.07) is 43.6. The molecular weight excluding hydrogens is 518 g/mol. The lowest BCUT2D eigenvalue weighted by molar-refractivity contribution is 0.0229. The number of ether oxygens (including phenoxy) is 2. The Bertz CT molecular complexity index is 2080. The highest BCUT2D eigenvalue weighted by atomic mass is 16.6. The third-order valence-electron chi connectivity index (χ3n) is 8.97. The zero-order valence-corrected chi connectivity index (χ0v) is 22.7. The molecule has 1 unspecified atom stereocenters. The standard InChI is InChI=1S/C38H25NO3/c40-37-30-12-6-7-13-31(30)38(42-37)32-17-16-28(23-35(32)41-34-19-15-25-10-4-5-11-29(25)36(34)38)39-21-20-27-22-26(14-18-33(27)39)24-8-2-1-3-9-24/h1-19,22-23H,20-21H2. The molecule has 0 saturated heterocycles. The zero-order valence-electron chi connectivity index (χ0n) is 22.7. The van der Waals surface area contributed by atoms with Crippen molar-refractivity contribution in [3.63, 3.8) is 0 Å². The van der Waals surface area contributed by atoms with Crippen LogP contribution in [0.2, 0.25) is 0 Å². The number of carbonyl (C=O) groups excluding carboxylic acids is 1. The lowest BCUT2D eigenvalue weighted by Gasteiger charge is -2.38. The van der Waals surface area contributed by atoms with Crippen LogP contribution in [0.15, 0.2) is 127 Å². The van der Waals surface area contributed by atoms with Crippen LogP contribution >= 0.6 is 0 Å². The van der Waals surface area contributed by atoms with E-state index in [1.165, 1.54) is 22.4 Å². The number of rotatable bonds is 2. The van der Waals surface area contributed by atoms with Gasteiger partial charge < -0.3 is 14.4 Å². The Labute approximate surface area is 243 Å². The molecule has 6 aromatic rings. The molecular formula is C38H25NO3. The summed E-state index contributed by atoms with van der Waals surface area (Å²) < 4.78 is 13.1. The van der Waals surface area contributed by atoms with E-state index in [9.17, 15) is 4.79 Å². The highest BCUT2D eigenvalue weighted by Gasteiger charge is 2.54. The maximum atomic E-state index is 13.4. The molecule has 9 rings (SSSR count). The van der Waals surface area contributed by atoms with E-state index in [0.717, 1.165) is 46.1 Å². The maximum Gasteiger partial charge on any atom is 0.340 e. The van der Waals surface area contributed by atoms with Gasteiger partial charge in [-0.1, -0.05) is 84.9 Å². The topological polar surface area (TPSA) is 38.8 Å². The van der Waals surface area contributed by atoms with Crippen LogP contribution in [0.3, 0.4) is 0 Å². The molecule has 4 heteroatoms. The van der Waals surface area contributed by atoms with Crippen molar-refractivity contribution in [2.45, 2.75) is 12.0 Å². The average Bonchev–Trinajstić information content (AvgIpc) is 3.60. The van der Waals surface area contributed by atoms with Crippen LogP contribution in [0.5, 0.6) is 11.5 Å². The van der Waals surface area contributed by atoms with Crippen LogP contribution in [0.1, 0.15) is 32.6 Å². The molecule has 0 aromatic heterocycles. The van der Waals surface area contributed by atoms with E-state index in [2.05, 4.69) is 83.8 Å². The molecule has 3 aliphatic rings. The highest BCUT2D eigenvalue weighted by Crippen LogP contribution is 2.58. The predicted octanol–water partition coefficient (Wildman–Crippen LogP) is 8.77. The quantitative estimate of drug-likeness (QED) is 0.205. The highest BCUT2D eigenvalue weighted by molar-refractivity contribution is 6.00. The number of hydrogen-bond donors (Lipinski definition) is 0. The Kier molecular flexibility index (Phi) is 4.77. The summed E-state index contributed by atoms with van der Waals surface area (Å²) in [5.41, 5.74) is 8.13. The fourth-order valence-corrected chi connectivity index (χ4v) is 7.09. The molecule has 0 N–H and O–H groups in total. The first kappa shape index (κ1) is 23.4. The smallest absolute Gasteiger partial charge is 0.340 e. The van der Waals surface area contributed by atoms with Gasteiger partial charge in [0.05, 0.1) is 11.1 Å². The summed E-state index contributed by atoms with van der Waals surface area (Å²) in [6.45, 7) is 0.885. The fourth-order valence-electron chi connectivity index (χ4n) is 7.09. The Morgan fingerprint density at radius 2 is 1.50 bits per heavy atom. The zero-order chi connectivity index (χ0) is 27.8. The molecule has 0 bridgehead atoms. The van der Waals surface area contributed by atoms with Crippen molar-refractivity contribution in [1.29, 1.82) is 0 Å². The summed E-state index contributed by atoms with van der Waals surface area (Å²) in [7, 11) is 0. The predicted molar refractivity (Wildman–Crippen MR) is 165 cm³/mol. The Morgan fingerprint density at radius 3 is 2.43 bits per heavy atom. The molecule has 1 atom stereocenters. The van der Waals surface area contributed by atoms with Crippen molar-refractivity contribution < 1.29 is 14.3 Å². The van der Waals surface area contributed by atoms with Gasteiger partial charge in [0.15, 0.2) is 5.60 Å². The normalized spacial score (nSPS) is 17.8. The number of fused-ring (bicyclic) bond motifs is 9. The van der Waals surface area contributed by atoms with Gasteiger partial charge in [0.25, 0.3) is 0 Å². The van der Waals surface area contributed by atoms with Crippen molar-refractivity contribution in [3.05, 3.63) is 155 Å². The number of hydrogen-bond acceptors (Lipinski definition) is 4. The van der Waals surface area contributed by atoms with Gasteiger partial charge in [-0.25, -0.2) is 4.79 Å². The van der Waals surface area contributed by atoms with Crippen molar-refractivity contribution in [2.75, 3.05) is 11.4 Å². The minimum atomic E-state index is -1.09. The Hall–Kier alpha value is -5.35. The lowest BCUT2D eigenvalue weighted by atomic mass is 9.76. The molecule has 3 heterocycles. The van der Waals surface area contributed by atoms with Gasteiger partial charge in [-0.2, -0.15) is 0 Å². The molecule has 0 amide bonds. The van der Waals surface area contributed by atoms with E-state index in [0.29, 0.717) is 17.1 Å². The first-order valence-corrected chi connectivity index (χ1v) is 14.3. The van der Waals surface area contributed by atoms with Crippen molar-refractivity contribution >= 4 is 28.1 Å². The fraction of sp³-hybridized carbons (Fsp3) is 0.0789. The van der Waals surface area contributed by atoms with Crippen LogP contribution < -0.4 is 9.64 Å². The van der Waals surface area contributed by atoms with Gasteiger partial charge in [0.1, 0.15) is 11.5 Å². The molecule has 6 aromatic carbocycles. The number of anilines is 2. The van der Waals surface area contributed by atoms with Gasteiger partial charge in [0, 0.05) is 35.1 Å². The minimum absolute atomic E-state index is 0.316. The molecule has 0 saturated carbocycles. The summed E-state index contributed by atoms with van der Waals surface area (Å²) in [5, 5.41) is 2.08. The molecule has 1 spiro atoms. The van der Waals surface area contributed by atoms with Crippen LogP contribution in [0.25, 0.3) is 21.9 Å². The van der Waals surface area contributed by atoms with Gasteiger partial charge in [-0.15, -0.1) is 0 Å². The molecule has 0 aliphatic carbocycles. The van der Waals surface area contributed by atoms with E-state index in [1.807, 2.05) is 48.5 Å². The third kappa shape index (κ3) is 3.15. The average molecular weight is 544 g/mol. The van der Waals surface area contributed by atoms with Gasteiger partial charge >= 0.3 is 5.97 Å². The maximum absolute atomic E-state index is 13.4. The SMILES string of the molecule is O=C1OC2(c3ccc(N4CCc5cc(-c6ccccc6)ccc54)cc3Oc3ccc4ccccc4c32)c2ccccc21. The van der Waals surface area contributed by atoms with Crippen molar-refractivity contribution in [2.24, 2.45) is 0 Å². The monoisotopic (exact) mass is 543 g/mol. The lowest BCUT2D eigenvalue weighted by Crippen LogP contribution is -2.33. The number of esters is 1.